The van der Waals surface area contributed by atoms with E-state index in [-0.39, 0.29) is 0 Å². The molecule has 0 N–H and O–H groups in total. The van der Waals surface area contributed by atoms with Gasteiger partial charge in [0, 0.05) is 0 Å². The first kappa shape index (κ1) is 21.5. The number of hydrogen-bond donors (Lipinski definition) is 0. The summed E-state index contributed by atoms with van der Waals surface area (Å²) in [6, 6.07) is 43.8. The second kappa shape index (κ2) is 9.00. The molecule has 1 aliphatic heterocycles. The highest BCUT2D eigenvalue weighted by atomic mass is 16.7. The average molecular weight is 462 g/mol. The van der Waals surface area contributed by atoms with Gasteiger partial charge in [0.2, 0.25) is 0 Å². The quantitative estimate of drug-likeness (QED) is 0.358. The lowest BCUT2D eigenvalue weighted by Crippen LogP contribution is -2.61. The molecule has 0 aliphatic carbocycles. The van der Waals surface area contributed by atoms with E-state index < -0.39 is 21.4 Å². The monoisotopic (exact) mass is 462 g/mol. The van der Waals surface area contributed by atoms with E-state index in [1.54, 1.807) is 0 Å². The molecule has 0 amide bonds. The van der Waals surface area contributed by atoms with Crippen LogP contribution in [0.15, 0.2) is 127 Å². The molecule has 0 aromatic heterocycles. The van der Waals surface area contributed by atoms with Crippen molar-refractivity contribution in [2.75, 3.05) is 0 Å². The number of hydrogen-bond acceptors (Lipinski definition) is 3. The molecule has 0 bridgehead atoms. The number of fused-ring (bicyclic) bond motifs is 3. The van der Waals surface area contributed by atoms with E-state index in [0.717, 1.165) is 48.7 Å². The third-order valence-corrected chi connectivity index (χ3v) is 6.97. The van der Waals surface area contributed by atoms with Crippen LogP contribution in [-0.2, 0) is 13.7 Å². The van der Waals surface area contributed by atoms with Gasteiger partial charge in [-0.1, -0.05) is 127 Å². The van der Waals surface area contributed by atoms with Crippen molar-refractivity contribution in [2.45, 2.75) is 0 Å². The fraction of sp³-hybridized carbons (Fsp3) is 0. The van der Waals surface area contributed by atoms with Gasteiger partial charge in [-0.25, -0.2) is 0 Å². The van der Waals surface area contributed by atoms with Crippen molar-refractivity contribution in [3.8, 4) is 0 Å². The number of benzene rings is 6. The molecule has 168 valence electrons. The zero-order valence-corrected chi connectivity index (χ0v) is 19.6. The lowest BCUT2D eigenvalue weighted by Gasteiger charge is -2.32. The van der Waals surface area contributed by atoms with E-state index in [1.807, 2.05) is 0 Å². The van der Waals surface area contributed by atoms with Crippen LogP contribution in [0.5, 0.6) is 0 Å². The van der Waals surface area contributed by atoms with Crippen molar-refractivity contribution in [3.05, 3.63) is 127 Å². The molecular formula is C30H21B3O3. The van der Waals surface area contributed by atoms with Crippen LogP contribution in [0.25, 0.3) is 32.3 Å². The van der Waals surface area contributed by atoms with E-state index in [9.17, 15) is 0 Å². The Balaban J connectivity index is 1.39. The lowest BCUT2D eigenvalue weighted by molar-refractivity contribution is 0.309. The predicted octanol–water partition coefficient (Wildman–Crippen LogP) is 4.70. The summed E-state index contributed by atoms with van der Waals surface area (Å²) in [7, 11) is -1.80. The molecular weight excluding hydrogens is 441 g/mol. The topological polar surface area (TPSA) is 27.7 Å². The fourth-order valence-electron chi connectivity index (χ4n) is 5.24. The van der Waals surface area contributed by atoms with Crippen molar-refractivity contribution in [1.82, 2.24) is 0 Å². The Morgan fingerprint density at radius 3 is 0.917 bits per heavy atom. The standard InChI is InChI=1S/C30H21B3O3/c1-4-16-25-22(10-1)13-7-19-28(25)31-34-32(29-20-8-14-23-11-2-5-17-26(23)29)36-33(35-31)30-21-9-15-24-12-3-6-18-27(24)30/h1-21H. The molecule has 36 heavy (non-hydrogen) atoms. The maximum absolute atomic E-state index is 6.59. The second-order valence-electron chi connectivity index (χ2n) is 9.11. The molecule has 0 atom stereocenters. The van der Waals surface area contributed by atoms with Crippen molar-refractivity contribution in [1.29, 1.82) is 0 Å². The van der Waals surface area contributed by atoms with Gasteiger partial charge in [-0.3, -0.25) is 0 Å². The molecule has 1 aliphatic rings. The lowest BCUT2D eigenvalue weighted by atomic mass is 9.60. The Morgan fingerprint density at radius 1 is 0.306 bits per heavy atom. The summed E-state index contributed by atoms with van der Waals surface area (Å²) in [4.78, 5) is 0. The molecule has 6 aromatic carbocycles. The van der Waals surface area contributed by atoms with E-state index in [0.29, 0.717) is 0 Å². The van der Waals surface area contributed by atoms with Gasteiger partial charge in [-0.2, -0.15) is 0 Å². The SMILES string of the molecule is c1ccc2c(B3OB(c4cccc5ccccc45)OB(c4cccc5ccccc45)O3)cccc2c1. The van der Waals surface area contributed by atoms with Crippen molar-refractivity contribution in [2.24, 2.45) is 0 Å². The van der Waals surface area contributed by atoms with Gasteiger partial charge in [0.1, 0.15) is 0 Å². The Morgan fingerprint density at radius 2 is 0.583 bits per heavy atom. The van der Waals surface area contributed by atoms with Gasteiger partial charge in [0.15, 0.2) is 0 Å². The maximum Gasteiger partial charge on any atom is 0.467 e. The first-order chi connectivity index (χ1) is 17.8. The van der Waals surface area contributed by atoms with Crippen LogP contribution < -0.4 is 16.4 Å². The molecule has 6 aromatic rings. The molecule has 3 nitrogen and oxygen atoms in total. The molecule has 1 fully saturated rings. The first-order valence-electron chi connectivity index (χ1n) is 12.2. The maximum atomic E-state index is 6.59. The Labute approximate surface area is 211 Å². The van der Waals surface area contributed by atoms with Gasteiger partial charge in [-0.05, 0) is 48.7 Å². The Hall–Kier alpha value is -3.83. The summed E-state index contributed by atoms with van der Waals surface area (Å²) in [5, 5.41) is 6.78. The van der Waals surface area contributed by atoms with Crippen molar-refractivity contribution >= 4 is 70.1 Å². The van der Waals surface area contributed by atoms with Crippen LogP contribution in [0.4, 0.5) is 0 Å². The summed E-state index contributed by atoms with van der Waals surface area (Å²) in [5.41, 5.74) is 2.98. The van der Waals surface area contributed by atoms with Crippen LogP contribution in [0.3, 0.4) is 0 Å². The Kier molecular flexibility index (Phi) is 5.36. The minimum absolute atomic E-state index is 0.599. The van der Waals surface area contributed by atoms with E-state index in [2.05, 4.69) is 127 Å². The smallest absolute Gasteiger partial charge is 0.445 e. The zero-order valence-electron chi connectivity index (χ0n) is 19.6. The molecule has 0 saturated carbocycles. The van der Waals surface area contributed by atoms with Crippen molar-refractivity contribution in [3.63, 3.8) is 0 Å². The summed E-state index contributed by atoms with van der Waals surface area (Å²) in [6.45, 7) is 0. The predicted molar refractivity (Wildman–Crippen MR) is 151 cm³/mol. The first-order valence-corrected chi connectivity index (χ1v) is 12.2. The van der Waals surface area contributed by atoms with E-state index in [4.69, 9.17) is 13.7 Å². The third kappa shape index (κ3) is 3.71. The van der Waals surface area contributed by atoms with Gasteiger partial charge in [0.05, 0.1) is 0 Å². The highest BCUT2D eigenvalue weighted by molar-refractivity contribution is 6.89. The number of rotatable bonds is 3. The largest absolute Gasteiger partial charge is 0.467 e. The van der Waals surface area contributed by atoms with E-state index >= 15 is 0 Å². The van der Waals surface area contributed by atoms with Crippen LogP contribution in [0, 0.1) is 0 Å². The summed E-state index contributed by atoms with van der Waals surface area (Å²) < 4.78 is 19.8. The van der Waals surface area contributed by atoms with Crippen molar-refractivity contribution < 1.29 is 13.7 Å². The highest BCUT2D eigenvalue weighted by Crippen LogP contribution is 2.20. The zero-order chi connectivity index (χ0) is 23.9. The molecule has 1 heterocycles. The fourth-order valence-corrected chi connectivity index (χ4v) is 5.24. The summed E-state index contributed by atoms with van der Waals surface area (Å²) in [5.74, 6) is 0. The Bertz CT molecular complexity index is 1500. The molecule has 0 unspecified atom stereocenters. The molecule has 0 radical (unpaired) electrons. The van der Waals surface area contributed by atoms with Crippen LogP contribution in [0.2, 0.25) is 0 Å². The third-order valence-electron chi connectivity index (χ3n) is 6.97. The normalized spacial score (nSPS) is 14.2. The van der Waals surface area contributed by atoms with Gasteiger partial charge >= 0.3 is 21.4 Å². The average Bonchev–Trinajstić information content (AvgIpc) is 2.96. The second-order valence-corrected chi connectivity index (χ2v) is 9.11. The van der Waals surface area contributed by atoms with Crippen LogP contribution in [-0.4, -0.2) is 21.4 Å². The highest BCUT2D eigenvalue weighted by Gasteiger charge is 2.44. The molecule has 6 heteroatoms. The van der Waals surface area contributed by atoms with Gasteiger partial charge < -0.3 is 13.7 Å². The van der Waals surface area contributed by atoms with E-state index in [1.165, 1.54) is 0 Å². The molecule has 0 spiro atoms. The van der Waals surface area contributed by atoms with Gasteiger partial charge in [0.25, 0.3) is 0 Å². The molecule has 7 rings (SSSR count). The summed E-state index contributed by atoms with van der Waals surface area (Å²) in [6.07, 6.45) is 0. The van der Waals surface area contributed by atoms with Gasteiger partial charge in [-0.15, -0.1) is 0 Å². The molecule has 1 saturated heterocycles. The minimum Gasteiger partial charge on any atom is -0.445 e. The summed E-state index contributed by atoms with van der Waals surface area (Å²) >= 11 is 0. The van der Waals surface area contributed by atoms with Crippen LogP contribution >= 0.6 is 0 Å². The van der Waals surface area contributed by atoms with Crippen LogP contribution in [0.1, 0.15) is 0 Å². The minimum atomic E-state index is -0.599.